The number of carbonyl (C=O) groups is 1. The van der Waals surface area contributed by atoms with Crippen molar-refractivity contribution in [3.8, 4) is 0 Å². The van der Waals surface area contributed by atoms with Gasteiger partial charge in [-0.15, -0.1) is 12.4 Å². The molecule has 1 aliphatic carbocycles. The number of ether oxygens (including phenoxy) is 1. The molecule has 1 saturated heterocycles. The Bertz CT molecular complexity index is 636. The number of hydrogen-bond acceptors (Lipinski definition) is 3. The van der Waals surface area contributed by atoms with Crippen LogP contribution in [0.4, 0.5) is 0 Å². The third kappa shape index (κ3) is 4.72. The standard InChI is InChI=1S/C23H36N2O2.ClH/c1-21(2,3)18-6-8-19(9-7-18)22(10-5-11-22)16-25-20(26)23(17-27-4)12-14-24-15-13-23;/h6-9,24H,5,10-17H2,1-4H3,(H,25,26);1H. The number of rotatable bonds is 6. The number of carbonyl (C=O) groups excluding carboxylic acids is 1. The molecule has 0 atom stereocenters. The van der Waals surface area contributed by atoms with Crippen LogP contribution in [0.1, 0.15) is 64.0 Å². The Labute approximate surface area is 176 Å². The van der Waals surface area contributed by atoms with Crippen molar-refractivity contribution in [1.82, 2.24) is 10.6 Å². The average molecular weight is 409 g/mol. The minimum Gasteiger partial charge on any atom is -0.384 e. The lowest BCUT2D eigenvalue weighted by atomic mass is 9.64. The summed E-state index contributed by atoms with van der Waals surface area (Å²) in [6, 6.07) is 9.08. The average Bonchev–Trinajstić information content (AvgIpc) is 2.61. The summed E-state index contributed by atoms with van der Waals surface area (Å²) >= 11 is 0. The van der Waals surface area contributed by atoms with E-state index in [2.05, 4.69) is 55.7 Å². The maximum atomic E-state index is 13.1. The molecule has 2 aliphatic rings. The zero-order chi connectivity index (χ0) is 19.5. The number of halogens is 1. The Morgan fingerprint density at radius 3 is 2.18 bits per heavy atom. The topological polar surface area (TPSA) is 50.4 Å². The lowest BCUT2D eigenvalue weighted by Crippen LogP contribution is -2.54. The van der Waals surface area contributed by atoms with Gasteiger partial charge in [0, 0.05) is 19.1 Å². The Kier molecular flexibility index (Phi) is 7.57. The third-order valence-corrected chi connectivity index (χ3v) is 6.72. The van der Waals surface area contributed by atoms with Crippen LogP contribution in [0, 0.1) is 5.41 Å². The van der Waals surface area contributed by atoms with Crippen molar-refractivity contribution in [2.24, 2.45) is 5.41 Å². The molecule has 0 unspecified atom stereocenters. The van der Waals surface area contributed by atoms with E-state index in [0.29, 0.717) is 6.61 Å². The van der Waals surface area contributed by atoms with Gasteiger partial charge in [0.15, 0.2) is 0 Å². The second kappa shape index (κ2) is 9.15. The van der Waals surface area contributed by atoms with Crippen molar-refractivity contribution >= 4 is 18.3 Å². The molecule has 158 valence electrons. The number of nitrogens with one attached hydrogen (secondary N) is 2. The van der Waals surface area contributed by atoms with E-state index in [-0.39, 0.29) is 34.6 Å². The quantitative estimate of drug-likeness (QED) is 0.749. The fourth-order valence-corrected chi connectivity index (χ4v) is 4.55. The van der Waals surface area contributed by atoms with Crippen LogP contribution in [-0.2, 0) is 20.4 Å². The summed E-state index contributed by atoms with van der Waals surface area (Å²) in [6.45, 7) is 9.75. The highest BCUT2D eigenvalue weighted by Crippen LogP contribution is 2.44. The van der Waals surface area contributed by atoms with Gasteiger partial charge in [-0.25, -0.2) is 0 Å². The van der Waals surface area contributed by atoms with Crippen LogP contribution < -0.4 is 10.6 Å². The molecule has 1 aromatic rings. The number of benzene rings is 1. The number of hydrogen-bond donors (Lipinski definition) is 2. The Morgan fingerprint density at radius 1 is 1.11 bits per heavy atom. The molecule has 28 heavy (non-hydrogen) atoms. The Morgan fingerprint density at radius 2 is 1.71 bits per heavy atom. The summed E-state index contributed by atoms with van der Waals surface area (Å²) in [5.41, 5.74) is 2.63. The first-order chi connectivity index (χ1) is 12.8. The molecule has 1 aromatic carbocycles. The molecule has 1 saturated carbocycles. The SMILES string of the molecule is COCC1(C(=O)NCC2(c3ccc(C(C)(C)C)cc3)CCC2)CCNCC1.Cl. The first-order valence-corrected chi connectivity index (χ1v) is 10.4. The van der Waals surface area contributed by atoms with Gasteiger partial charge in [0.05, 0.1) is 12.0 Å². The van der Waals surface area contributed by atoms with Crippen LogP contribution in [0.25, 0.3) is 0 Å². The van der Waals surface area contributed by atoms with Crippen LogP contribution >= 0.6 is 12.4 Å². The van der Waals surface area contributed by atoms with Gasteiger partial charge in [-0.05, 0) is 55.3 Å². The van der Waals surface area contributed by atoms with Gasteiger partial charge in [-0.2, -0.15) is 0 Å². The second-order valence-corrected chi connectivity index (χ2v) is 9.61. The summed E-state index contributed by atoms with van der Waals surface area (Å²) in [6.07, 6.45) is 5.24. The zero-order valence-electron chi connectivity index (χ0n) is 17.9. The van der Waals surface area contributed by atoms with Crippen LogP contribution in [-0.4, -0.2) is 39.3 Å². The molecule has 0 radical (unpaired) electrons. The van der Waals surface area contributed by atoms with Crippen molar-refractivity contribution in [3.05, 3.63) is 35.4 Å². The molecular weight excluding hydrogens is 372 g/mol. The number of methoxy groups -OCH3 is 1. The first-order valence-electron chi connectivity index (χ1n) is 10.4. The Balaban J connectivity index is 0.00000280. The van der Waals surface area contributed by atoms with Gasteiger partial charge in [0.25, 0.3) is 0 Å². The van der Waals surface area contributed by atoms with Crippen LogP contribution in [0.15, 0.2) is 24.3 Å². The van der Waals surface area contributed by atoms with Gasteiger partial charge in [0.2, 0.25) is 5.91 Å². The van der Waals surface area contributed by atoms with Crippen LogP contribution in [0.2, 0.25) is 0 Å². The van der Waals surface area contributed by atoms with Gasteiger partial charge in [-0.3, -0.25) is 4.79 Å². The monoisotopic (exact) mass is 408 g/mol. The number of piperidine rings is 1. The van der Waals surface area contributed by atoms with Crippen molar-refractivity contribution < 1.29 is 9.53 Å². The largest absolute Gasteiger partial charge is 0.384 e. The lowest BCUT2D eigenvalue weighted by molar-refractivity contribution is -0.136. The molecule has 2 fully saturated rings. The van der Waals surface area contributed by atoms with Crippen LogP contribution in [0.3, 0.4) is 0 Å². The summed E-state index contributed by atoms with van der Waals surface area (Å²) in [5.74, 6) is 0.170. The van der Waals surface area contributed by atoms with E-state index < -0.39 is 0 Å². The second-order valence-electron chi connectivity index (χ2n) is 9.61. The predicted molar refractivity (Wildman–Crippen MR) is 117 cm³/mol. The molecular formula is C23H37ClN2O2. The third-order valence-electron chi connectivity index (χ3n) is 6.72. The molecule has 0 aromatic heterocycles. The summed E-state index contributed by atoms with van der Waals surface area (Å²) < 4.78 is 5.42. The lowest BCUT2D eigenvalue weighted by Gasteiger charge is -2.44. The highest BCUT2D eigenvalue weighted by molar-refractivity contribution is 5.85. The van der Waals surface area contributed by atoms with E-state index in [1.165, 1.54) is 17.5 Å². The van der Waals surface area contributed by atoms with E-state index in [9.17, 15) is 4.79 Å². The molecule has 0 bridgehead atoms. The van der Waals surface area contributed by atoms with Gasteiger partial charge in [0.1, 0.15) is 0 Å². The molecule has 1 heterocycles. The molecule has 0 spiro atoms. The predicted octanol–water partition coefficient (Wildman–Crippen LogP) is 3.96. The normalized spacial score (nSPS) is 20.6. The fraction of sp³-hybridized carbons (Fsp3) is 0.696. The highest BCUT2D eigenvalue weighted by Gasteiger charge is 2.43. The zero-order valence-corrected chi connectivity index (χ0v) is 18.7. The fourth-order valence-electron chi connectivity index (χ4n) is 4.55. The van der Waals surface area contributed by atoms with E-state index in [0.717, 1.165) is 45.3 Å². The van der Waals surface area contributed by atoms with Gasteiger partial charge < -0.3 is 15.4 Å². The number of amides is 1. The Hall–Kier alpha value is -1.10. The molecule has 3 rings (SSSR count). The van der Waals surface area contributed by atoms with Crippen molar-refractivity contribution in [2.45, 2.75) is 63.7 Å². The maximum Gasteiger partial charge on any atom is 0.228 e. The van der Waals surface area contributed by atoms with Crippen molar-refractivity contribution in [1.29, 1.82) is 0 Å². The summed E-state index contributed by atoms with van der Waals surface area (Å²) in [4.78, 5) is 13.1. The molecule has 5 heteroatoms. The van der Waals surface area contributed by atoms with E-state index in [4.69, 9.17) is 4.74 Å². The maximum absolute atomic E-state index is 13.1. The molecule has 4 nitrogen and oxygen atoms in total. The molecule has 1 aliphatic heterocycles. The summed E-state index contributed by atoms with van der Waals surface area (Å²) in [7, 11) is 1.70. The molecule has 1 amide bonds. The van der Waals surface area contributed by atoms with E-state index >= 15 is 0 Å². The van der Waals surface area contributed by atoms with Gasteiger partial charge >= 0.3 is 0 Å². The van der Waals surface area contributed by atoms with Crippen molar-refractivity contribution in [3.63, 3.8) is 0 Å². The summed E-state index contributed by atoms with van der Waals surface area (Å²) in [5, 5.41) is 6.67. The van der Waals surface area contributed by atoms with Crippen LogP contribution in [0.5, 0.6) is 0 Å². The van der Waals surface area contributed by atoms with E-state index in [1.807, 2.05) is 0 Å². The van der Waals surface area contributed by atoms with Gasteiger partial charge in [-0.1, -0.05) is 51.5 Å². The minimum absolute atomic E-state index is 0. The first kappa shape index (κ1) is 23.2. The minimum atomic E-state index is -0.374. The molecule has 2 N–H and O–H groups in total. The highest BCUT2D eigenvalue weighted by atomic mass is 35.5. The van der Waals surface area contributed by atoms with Crippen molar-refractivity contribution in [2.75, 3.05) is 33.4 Å². The smallest absolute Gasteiger partial charge is 0.228 e. The van der Waals surface area contributed by atoms with E-state index in [1.54, 1.807) is 7.11 Å².